The van der Waals surface area contributed by atoms with Crippen molar-refractivity contribution in [1.29, 1.82) is 0 Å². The van der Waals surface area contributed by atoms with E-state index in [-0.39, 0.29) is 5.91 Å². The molecule has 0 saturated heterocycles. The Labute approximate surface area is 99.9 Å². The first-order valence-electron chi connectivity index (χ1n) is 5.46. The lowest BCUT2D eigenvalue weighted by Crippen LogP contribution is -2.13. The highest BCUT2D eigenvalue weighted by Gasteiger charge is 2.18. The van der Waals surface area contributed by atoms with Gasteiger partial charge in [0.1, 0.15) is 0 Å². The van der Waals surface area contributed by atoms with E-state index >= 15 is 0 Å². The van der Waals surface area contributed by atoms with Crippen LogP contribution in [0.1, 0.15) is 24.8 Å². The van der Waals surface area contributed by atoms with Gasteiger partial charge in [0.2, 0.25) is 5.91 Å². The van der Waals surface area contributed by atoms with Gasteiger partial charge in [0.15, 0.2) is 0 Å². The van der Waals surface area contributed by atoms with E-state index in [4.69, 9.17) is 5.73 Å². The third-order valence-corrected chi connectivity index (χ3v) is 4.00. The van der Waals surface area contributed by atoms with Gasteiger partial charge in [-0.25, -0.2) is 0 Å². The lowest BCUT2D eigenvalue weighted by molar-refractivity contribution is -0.114. The molecule has 2 N–H and O–H groups in total. The number of amides is 1. The Hall–Kier alpha value is -1.22. The number of rotatable bonds is 4. The Kier molecular flexibility index (Phi) is 3.67. The molecule has 1 aromatic carbocycles. The first-order chi connectivity index (χ1) is 7.77. The number of hydrogen-bond acceptors (Lipinski definition) is 2. The molecule has 1 aliphatic rings. The molecule has 1 aliphatic carbocycles. The van der Waals surface area contributed by atoms with Gasteiger partial charge in [-0.15, -0.1) is 11.8 Å². The van der Waals surface area contributed by atoms with E-state index in [1.807, 2.05) is 18.2 Å². The van der Waals surface area contributed by atoms with Crippen molar-refractivity contribution in [2.45, 2.75) is 25.0 Å². The summed E-state index contributed by atoms with van der Waals surface area (Å²) in [6.45, 7) is 0. The van der Waals surface area contributed by atoms with E-state index in [2.05, 4.69) is 12.1 Å². The highest BCUT2D eigenvalue weighted by atomic mass is 32.2. The molecule has 0 heterocycles. The molecule has 0 aromatic heterocycles. The molecule has 0 radical (unpaired) electrons. The number of thioether (sulfide) groups is 1. The van der Waals surface area contributed by atoms with Gasteiger partial charge >= 0.3 is 0 Å². The summed E-state index contributed by atoms with van der Waals surface area (Å²) in [5.41, 5.74) is 7.48. The number of benzene rings is 1. The molecule has 0 saturated carbocycles. The topological polar surface area (TPSA) is 43.1 Å². The second-order valence-electron chi connectivity index (χ2n) is 3.89. The van der Waals surface area contributed by atoms with E-state index in [9.17, 15) is 4.79 Å². The van der Waals surface area contributed by atoms with E-state index in [1.165, 1.54) is 10.5 Å². The smallest absolute Gasteiger partial charge is 0.245 e. The number of nitrogens with two attached hydrogens (primary N) is 1. The molecule has 1 amide bonds. The zero-order valence-electron chi connectivity index (χ0n) is 9.11. The number of carbonyl (C=O) groups excluding carboxylic acids is 1. The van der Waals surface area contributed by atoms with Crippen LogP contribution in [0.2, 0.25) is 0 Å². The summed E-state index contributed by atoms with van der Waals surface area (Å²) in [4.78, 5) is 12.4. The van der Waals surface area contributed by atoms with Gasteiger partial charge in [-0.05, 0) is 29.7 Å². The summed E-state index contributed by atoms with van der Waals surface area (Å²) in [5, 5.41) is 0. The van der Waals surface area contributed by atoms with Crippen molar-refractivity contribution in [3.8, 4) is 0 Å². The van der Waals surface area contributed by atoms with Crippen LogP contribution in [0.4, 0.5) is 0 Å². The van der Waals surface area contributed by atoms with Crippen LogP contribution in [0.3, 0.4) is 0 Å². The standard InChI is InChI=1S/C13H15NOS/c14-13(15)11-7-4-8-12(11)16-9-10-5-2-1-3-6-10/h1-3,5-6H,4,7-9H2,(H2,14,15). The summed E-state index contributed by atoms with van der Waals surface area (Å²) < 4.78 is 0. The Bertz CT molecular complexity index is 411. The normalized spacial score (nSPS) is 15.5. The van der Waals surface area contributed by atoms with Crippen molar-refractivity contribution in [1.82, 2.24) is 0 Å². The fourth-order valence-electron chi connectivity index (χ4n) is 1.88. The molecule has 3 heteroatoms. The number of primary amides is 1. The lowest BCUT2D eigenvalue weighted by atomic mass is 10.2. The minimum atomic E-state index is -0.243. The molecule has 0 aliphatic heterocycles. The summed E-state index contributed by atoms with van der Waals surface area (Å²) in [6.07, 6.45) is 2.93. The Balaban J connectivity index is 2.00. The largest absolute Gasteiger partial charge is 0.366 e. The molecular formula is C13H15NOS. The quantitative estimate of drug-likeness (QED) is 0.869. The number of carbonyl (C=O) groups is 1. The zero-order chi connectivity index (χ0) is 11.4. The summed E-state index contributed by atoms with van der Waals surface area (Å²) >= 11 is 1.75. The molecule has 0 unspecified atom stereocenters. The van der Waals surface area contributed by atoms with Crippen LogP contribution >= 0.6 is 11.8 Å². The van der Waals surface area contributed by atoms with Crippen LogP contribution in [-0.4, -0.2) is 5.91 Å². The van der Waals surface area contributed by atoms with Crippen molar-refractivity contribution in [2.24, 2.45) is 5.73 Å². The highest BCUT2D eigenvalue weighted by Crippen LogP contribution is 2.35. The summed E-state index contributed by atoms with van der Waals surface area (Å²) in [5.74, 6) is 0.681. The van der Waals surface area contributed by atoms with Crippen molar-refractivity contribution in [3.05, 3.63) is 46.4 Å². The van der Waals surface area contributed by atoms with Gasteiger partial charge in [-0.2, -0.15) is 0 Å². The van der Waals surface area contributed by atoms with Crippen molar-refractivity contribution in [2.75, 3.05) is 0 Å². The second kappa shape index (κ2) is 5.21. The van der Waals surface area contributed by atoms with Gasteiger partial charge in [0.25, 0.3) is 0 Å². The van der Waals surface area contributed by atoms with Crippen molar-refractivity contribution in [3.63, 3.8) is 0 Å². The van der Waals surface area contributed by atoms with Gasteiger partial charge in [0, 0.05) is 11.3 Å². The average molecular weight is 233 g/mol. The SMILES string of the molecule is NC(=O)C1=C(SCc2ccccc2)CCC1. The van der Waals surface area contributed by atoms with Gasteiger partial charge < -0.3 is 5.73 Å². The van der Waals surface area contributed by atoms with Crippen molar-refractivity contribution < 1.29 is 4.79 Å². The van der Waals surface area contributed by atoms with E-state index in [1.54, 1.807) is 11.8 Å². The predicted molar refractivity (Wildman–Crippen MR) is 67.8 cm³/mol. The van der Waals surface area contributed by atoms with E-state index < -0.39 is 0 Å². The van der Waals surface area contributed by atoms with Crippen LogP contribution in [0.15, 0.2) is 40.8 Å². The highest BCUT2D eigenvalue weighted by molar-refractivity contribution is 8.02. The van der Waals surface area contributed by atoms with E-state index in [0.717, 1.165) is 30.6 Å². The molecule has 0 fully saturated rings. The summed E-state index contributed by atoms with van der Waals surface area (Å²) in [6, 6.07) is 10.3. The van der Waals surface area contributed by atoms with Gasteiger partial charge in [0.05, 0.1) is 0 Å². The number of allylic oxidation sites excluding steroid dienone is 1. The second-order valence-corrected chi connectivity index (χ2v) is 4.96. The monoisotopic (exact) mass is 233 g/mol. The molecule has 2 nitrogen and oxygen atoms in total. The fraction of sp³-hybridized carbons (Fsp3) is 0.308. The number of hydrogen-bond donors (Lipinski definition) is 1. The average Bonchev–Trinajstić information content (AvgIpc) is 2.76. The molecule has 84 valence electrons. The molecule has 1 aromatic rings. The molecular weight excluding hydrogens is 218 g/mol. The minimum Gasteiger partial charge on any atom is -0.366 e. The van der Waals surface area contributed by atoms with Gasteiger partial charge in [-0.1, -0.05) is 30.3 Å². The van der Waals surface area contributed by atoms with Crippen LogP contribution in [-0.2, 0) is 10.5 Å². The first-order valence-corrected chi connectivity index (χ1v) is 6.44. The lowest BCUT2D eigenvalue weighted by Gasteiger charge is -2.04. The molecule has 0 bridgehead atoms. The first kappa shape index (κ1) is 11.3. The van der Waals surface area contributed by atoms with Crippen LogP contribution in [0, 0.1) is 0 Å². The molecule has 0 atom stereocenters. The van der Waals surface area contributed by atoms with E-state index in [0.29, 0.717) is 0 Å². The maximum atomic E-state index is 11.2. The van der Waals surface area contributed by atoms with Crippen molar-refractivity contribution >= 4 is 17.7 Å². The maximum Gasteiger partial charge on any atom is 0.245 e. The summed E-state index contributed by atoms with van der Waals surface area (Å²) in [7, 11) is 0. The third-order valence-electron chi connectivity index (χ3n) is 2.72. The maximum absolute atomic E-state index is 11.2. The molecule has 2 rings (SSSR count). The fourth-order valence-corrected chi connectivity index (χ4v) is 3.08. The Morgan fingerprint density at radius 1 is 1.25 bits per heavy atom. The zero-order valence-corrected chi connectivity index (χ0v) is 9.93. The van der Waals surface area contributed by atoms with Crippen LogP contribution in [0.25, 0.3) is 0 Å². The molecule has 16 heavy (non-hydrogen) atoms. The van der Waals surface area contributed by atoms with Gasteiger partial charge in [-0.3, -0.25) is 4.79 Å². The Morgan fingerprint density at radius 3 is 2.69 bits per heavy atom. The van der Waals surface area contributed by atoms with Crippen LogP contribution in [0.5, 0.6) is 0 Å². The molecule has 0 spiro atoms. The third kappa shape index (κ3) is 2.67. The minimum absolute atomic E-state index is 0.243. The Morgan fingerprint density at radius 2 is 2.00 bits per heavy atom. The van der Waals surface area contributed by atoms with Crippen LogP contribution < -0.4 is 5.73 Å². The predicted octanol–water partition coefficient (Wildman–Crippen LogP) is 2.84.